The summed E-state index contributed by atoms with van der Waals surface area (Å²) in [6.45, 7) is 3.87. The number of rotatable bonds is 12. The van der Waals surface area contributed by atoms with Gasteiger partial charge >= 0.3 is 0 Å². The van der Waals surface area contributed by atoms with Crippen LogP contribution in [-0.4, -0.2) is 44.3 Å². The fourth-order valence-electron chi connectivity index (χ4n) is 4.58. The molecule has 0 fully saturated rings. The Morgan fingerprint density at radius 3 is 1.90 bits per heavy atom. The van der Waals surface area contributed by atoms with Gasteiger partial charge in [-0.1, -0.05) is 96.6 Å². The van der Waals surface area contributed by atoms with E-state index in [2.05, 4.69) is 5.32 Å². The zero-order valence-electron chi connectivity index (χ0n) is 23.3. The lowest BCUT2D eigenvalue weighted by atomic mass is 10.0. The van der Waals surface area contributed by atoms with E-state index in [9.17, 15) is 18.0 Å². The van der Waals surface area contributed by atoms with Gasteiger partial charge in [-0.3, -0.25) is 13.9 Å². The Labute approximate surface area is 242 Å². The molecule has 0 spiro atoms. The van der Waals surface area contributed by atoms with Crippen molar-refractivity contribution < 1.29 is 18.0 Å². The van der Waals surface area contributed by atoms with Crippen LogP contribution >= 0.6 is 0 Å². The predicted octanol–water partition coefficient (Wildman–Crippen LogP) is 4.97. The largest absolute Gasteiger partial charge is 0.355 e. The van der Waals surface area contributed by atoms with E-state index in [0.717, 1.165) is 21.0 Å². The van der Waals surface area contributed by atoms with Gasteiger partial charge in [-0.2, -0.15) is 0 Å². The second-order valence-corrected chi connectivity index (χ2v) is 11.6. The lowest BCUT2D eigenvalue weighted by Gasteiger charge is -2.33. The van der Waals surface area contributed by atoms with Crippen molar-refractivity contribution in [3.8, 4) is 0 Å². The normalized spacial score (nSPS) is 11.9. The maximum atomic E-state index is 14.3. The molecule has 0 aliphatic heterocycles. The molecular weight excluding hydrogens is 534 g/mol. The lowest BCUT2D eigenvalue weighted by molar-refractivity contribution is -0.140. The van der Waals surface area contributed by atoms with Gasteiger partial charge in [0.15, 0.2) is 0 Å². The molecule has 0 unspecified atom stereocenters. The van der Waals surface area contributed by atoms with Gasteiger partial charge in [0, 0.05) is 19.5 Å². The molecule has 0 aliphatic carbocycles. The molecule has 4 aromatic rings. The molecular formula is C33H35N3O4S. The van der Waals surface area contributed by atoms with Crippen LogP contribution in [0.3, 0.4) is 0 Å². The van der Waals surface area contributed by atoms with Crippen LogP contribution in [0.25, 0.3) is 0 Å². The van der Waals surface area contributed by atoms with Crippen molar-refractivity contribution in [2.75, 3.05) is 17.4 Å². The van der Waals surface area contributed by atoms with E-state index in [4.69, 9.17) is 0 Å². The molecule has 1 N–H and O–H groups in total. The summed E-state index contributed by atoms with van der Waals surface area (Å²) in [4.78, 5) is 29.3. The minimum Gasteiger partial charge on any atom is -0.355 e. The Hall–Kier alpha value is -4.43. The number of anilines is 1. The minimum absolute atomic E-state index is 0.0753. The molecule has 212 valence electrons. The average molecular weight is 570 g/mol. The van der Waals surface area contributed by atoms with Gasteiger partial charge in [0.1, 0.15) is 12.6 Å². The number of nitrogens with zero attached hydrogens (tertiary/aromatic N) is 2. The molecule has 1 atom stereocenters. The summed E-state index contributed by atoms with van der Waals surface area (Å²) in [5, 5.41) is 2.87. The van der Waals surface area contributed by atoms with Crippen LogP contribution < -0.4 is 9.62 Å². The van der Waals surface area contributed by atoms with Crippen molar-refractivity contribution in [3.05, 3.63) is 132 Å². The minimum atomic E-state index is -4.09. The van der Waals surface area contributed by atoms with E-state index in [1.807, 2.05) is 68.4 Å². The number of benzene rings is 4. The van der Waals surface area contributed by atoms with Gasteiger partial charge in [0.25, 0.3) is 10.0 Å². The van der Waals surface area contributed by atoms with Crippen LogP contribution in [0, 0.1) is 6.92 Å². The summed E-state index contributed by atoms with van der Waals surface area (Å²) in [7, 11) is -4.09. The molecule has 0 saturated carbocycles. The molecule has 41 heavy (non-hydrogen) atoms. The van der Waals surface area contributed by atoms with Crippen molar-refractivity contribution in [2.24, 2.45) is 0 Å². The molecule has 0 aromatic heterocycles. The number of sulfonamides is 1. The number of hydrogen-bond acceptors (Lipinski definition) is 4. The number of hydrogen-bond donors (Lipinski definition) is 1. The molecule has 7 nitrogen and oxygen atoms in total. The zero-order valence-corrected chi connectivity index (χ0v) is 24.1. The molecule has 0 aliphatic rings. The Morgan fingerprint density at radius 1 is 0.756 bits per heavy atom. The number of aryl methyl sites for hydroxylation is 1. The predicted molar refractivity (Wildman–Crippen MR) is 162 cm³/mol. The second-order valence-electron chi connectivity index (χ2n) is 9.77. The third kappa shape index (κ3) is 7.61. The number of amides is 2. The van der Waals surface area contributed by atoms with Gasteiger partial charge in [0.2, 0.25) is 11.8 Å². The highest BCUT2D eigenvalue weighted by Crippen LogP contribution is 2.25. The smallest absolute Gasteiger partial charge is 0.264 e. The first-order valence-electron chi connectivity index (χ1n) is 13.6. The number of carbonyl (C=O) groups excluding carboxylic acids is 2. The third-order valence-electron chi connectivity index (χ3n) is 6.75. The summed E-state index contributed by atoms with van der Waals surface area (Å²) in [6.07, 6.45) is 0.279. The molecule has 4 rings (SSSR count). The second kappa shape index (κ2) is 13.8. The highest BCUT2D eigenvalue weighted by molar-refractivity contribution is 7.92. The quantitative estimate of drug-likeness (QED) is 0.261. The van der Waals surface area contributed by atoms with Crippen LogP contribution in [-0.2, 0) is 32.6 Å². The van der Waals surface area contributed by atoms with Gasteiger partial charge in [-0.15, -0.1) is 0 Å². The van der Waals surface area contributed by atoms with Crippen LogP contribution in [0.5, 0.6) is 0 Å². The molecule has 0 radical (unpaired) electrons. The fourth-order valence-corrected chi connectivity index (χ4v) is 6.01. The first-order chi connectivity index (χ1) is 19.8. The summed E-state index contributed by atoms with van der Waals surface area (Å²) in [6, 6.07) is 33.0. The summed E-state index contributed by atoms with van der Waals surface area (Å²) in [5.41, 5.74) is 3.16. The van der Waals surface area contributed by atoms with Crippen LogP contribution in [0.15, 0.2) is 120 Å². The first-order valence-corrected chi connectivity index (χ1v) is 15.0. The first kappa shape index (κ1) is 29.6. The van der Waals surface area contributed by atoms with E-state index in [1.54, 1.807) is 48.5 Å². The van der Waals surface area contributed by atoms with Crippen molar-refractivity contribution in [3.63, 3.8) is 0 Å². The Morgan fingerprint density at radius 2 is 1.32 bits per heavy atom. The SMILES string of the molecule is CCNC(=O)[C@@H](Cc1ccccc1)N(Cc1ccc(C)cc1)C(=O)CN(c1ccccc1)S(=O)(=O)c1ccccc1. The molecule has 0 saturated heterocycles. The molecule has 8 heteroatoms. The van der Waals surface area contributed by atoms with Gasteiger partial charge in [-0.05, 0) is 49.2 Å². The number of nitrogens with one attached hydrogen (secondary N) is 1. The maximum Gasteiger partial charge on any atom is 0.264 e. The van der Waals surface area contributed by atoms with Gasteiger partial charge in [0.05, 0.1) is 10.6 Å². The molecule has 4 aromatic carbocycles. The number of likely N-dealkylation sites (N-methyl/N-ethyl adjacent to an activating group) is 1. The number of carbonyl (C=O) groups is 2. The van der Waals surface area contributed by atoms with Gasteiger partial charge in [-0.25, -0.2) is 8.42 Å². The van der Waals surface area contributed by atoms with E-state index in [1.165, 1.54) is 17.0 Å². The Bertz CT molecular complexity index is 1530. The van der Waals surface area contributed by atoms with Crippen molar-refractivity contribution in [2.45, 2.75) is 37.8 Å². The van der Waals surface area contributed by atoms with Crippen LogP contribution in [0.4, 0.5) is 5.69 Å². The van der Waals surface area contributed by atoms with Crippen molar-refractivity contribution in [1.82, 2.24) is 10.2 Å². The van der Waals surface area contributed by atoms with E-state index >= 15 is 0 Å². The molecule has 0 heterocycles. The fraction of sp³-hybridized carbons (Fsp3) is 0.212. The van der Waals surface area contributed by atoms with Crippen LogP contribution in [0.2, 0.25) is 0 Å². The third-order valence-corrected chi connectivity index (χ3v) is 8.54. The van der Waals surface area contributed by atoms with Gasteiger partial charge < -0.3 is 10.2 Å². The highest BCUT2D eigenvalue weighted by Gasteiger charge is 2.34. The Balaban J connectivity index is 1.76. The summed E-state index contributed by atoms with van der Waals surface area (Å²) in [5.74, 6) is -0.782. The highest BCUT2D eigenvalue weighted by atomic mass is 32.2. The summed E-state index contributed by atoms with van der Waals surface area (Å²) >= 11 is 0. The monoisotopic (exact) mass is 569 g/mol. The standard InChI is InChI=1S/C33H35N3O4S/c1-3-34-33(38)31(23-27-13-7-4-8-14-27)35(24-28-21-19-26(2)20-22-28)32(37)25-36(29-15-9-5-10-16-29)41(39,40)30-17-11-6-12-18-30/h4-22,31H,3,23-25H2,1-2H3,(H,34,38)/t31-/m1/s1. The average Bonchev–Trinajstić information content (AvgIpc) is 3.00. The lowest BCUT2D eigenvalue weighted by Crippen LogP contribution is -2.53. The zero-order chi connectivity index (χ0) is 29.2. The van der Waals surface area contributed by atoms with Crippen LogP contribution in [0.1, 0.15) is 23.6 Å². The topological polar surface area (TPSA) is 86.8 Å². The summed E-state index contributed by atoms with van der Waals surface area (Å²) < 4.78 is 28.8. The van der Waals surface area contributed by atoms with Crippen molar-refractivity contribution >= 4 is 27.5 Å². The Kier molecular flexibility index (Phi) is 9.92. The molecule has 0 bridgehead atoms. The van der Waals surface area contributed by atoms with E-state index in [-0.39, 0.29) is 23.8 Å². The van der Waals surface area contributed by atoms with Crippen molar-refractivity contribution in [1.29, 1.82) is 0 Å². The molecule has 2 amide bonds. The van der Waals surface area contributed by atoms with E-state index < -0.39 is 28.5 Å². The van der Waals surface area contributed by atoms with E-state index in [0.29, 0.717) is 12.2 Å². The number of para-hydroxylation sites is 1. The maximum absolute atomic E-state index is 14.3.